The van der Waals surface area contributed by atoms with Gasteiger partial charge < -0.3 is 30.7 Å². The monoisotopic (exact) mass is 1180 g/mol. The topological polar surface area (TPSA) is 161 Å². The molecule has 86 heavy (non-hydrogen) atoms. The number of hydrogen-bond donors (Lipinski definition) is 4. The molecule has 0 unspecified atom stereocenters. The number of hydrogen-bond acceptors (Lipinski definition) is 8. The second-order valence-corrected chi connectivity index (χ2v) is 31.1. The third kappa shape index (κ3) is 13.8. The molecule has 2 aromatic rings. The molecule has 12 nitrogen and oxygen atoms in total. The van der Waals surface area contributed by atoms with Gasteiger partial charge in [0.1, 0.15) is 12.2 Å². The number of carbonyl (C=O) groups excluding carboxylic acids is 4. The van der Waals surface area contributed by atoms with Gasteiger partial charge in [0.15, 0.2) is 0 Å². The van der Waals surface area contributed by atoms with Crippen LogP contribution in [-0.2, 0) is 9.47 Å². The number of fused-ring (bicyclic) bond motifs is 10. The minimum absolute atomic E-state index is 0.112. The Morgan fingerprint density at radius 3 is 1.31 bits per heavy atom. The Bertz CT molecular complexity index is 2570. The van der Waals surface area contributed by atoms with Crippen LogP contribution in [0.1, 0.15) is 244 Å². The Morgan fingerprint density at radius 1 is 0.500 bits per heavy atom. The summed E-state index contributed by atoms with van der Waals surface area (Å²) in [6.45, 7) is 26.4. The Morgan fingerprint density at radius 2 is 0.907 bits per heavy atom. The fourth-order valence-electron chi connectivity index (χ4n) is 20.5. The Labute approximate surface area is 518 Å². The van der Waals surface area contributed by atoms with Crippen molar-refractivity contribution in [3.8, 4) is 11.4 Å². The zero-order valence-electron chi connectivity index (χ0n) is 54.8. The third-order valence-electron chi connectivity index (χ3n) is 25.2. The van der Waals surface area contributed by atoms with Gasteiger partial charge in [0, 0.05) is 62.5 Å². The standard InChI is InChI=1S/C74H112N6O6/c1-47(2)15-11-17-49(5)59-23-25-61-57-21-19-53-45-55(27-33-71(53,7)63(57)29-35-73(59,61)9)85-69(83)79-39-13-37-77-67(81)51-31-41-75-65(43-51)66-44-52(32-42-76-66)68(82)78-38-14-40-80-70(84)86-56-28-34-72(8)54(46-56)20-22-58-62-26-24-60(50(6)18-12-16-48(3)4)74(62,10)36-30-64(58)72/h19-20,31-32,41-44,47-50,55-64H,11-18,21-30,33-40,45-46H2,1-10H3,(H,77,81)(H,78,82)(H,79,83)(H,80,84)/t49-,50-,55+,56+,57+,58+,59-,60-,61+,62+,63+,64+,71+,72+,73-,74-/m1/s1. The molecule has 10 rings (SSSR count). The molecule has 6 saturated carbocycles. The molecule has 2 heterocycles. The van der Waals surface area contributed by atoms with Gasteiger partial charge in [-0.2, -0.15) is 0 Å². The highest BCUT2D eigenvalue weighted by molar-refractivity contribution is 5.96. The number of alkyl carbamates (subject to hydrolysis) is 2. The molecule has 4 N–H and O–H groups in total. The number of nitrogens with one attached hydrogen (secondary N) is 4. The van der Waals surface area contributed by atoms with Gasteiger partial charge in [0.05, 0.1) is 11.4 Å². The molecule has 16 atom stereocenters. The summed E-state index contributed by atoms with van der Waals surface area (Å²) < 4.78 is 12.1. The number of allylic oxidation sites excluding steroid dienone is 2. The number of carbonyl (C=O) groups is 4. The van der Waals surface area contributed by atoms with Crippen LogP contribution in [0.25, 0.3) is 11.4 Å². The van der Waals surface area contributed by atoms with Gasteiger partial charge >= 0.3 is 12.2 Å². The number of nitrogens with zero attached hydrogens (tertiary/aromatic N) is 2. The van der Waals surface area contributed by atoms with Crippen molar-refractivity contribution in [1.29, 1.82) is 0 Å². The predicted molar refractivity (Wildman–Crippen MR) is 344 cm³/mol. The highest BCUT2D eigenvalue weighted by Crippen LogP contribution is 2.69. The largest absolute Gasteiger partial charge is 0.446 e. The maximum Gasteiger partial charge on any atom is 0.407 e. The molecule has 12 heteroatoms. The van der Waals surface area contributed by atoms with Gasteiger partial charge in [-0.3, -0.25) is 19.6 Å². The quantitative estimate of drug-likeness (QED) is 0.0632. The van der Waals surface area contributed by atoms with Crippen LogP contribution in [0.3, 0.4) is 0 Å². The molecule has 6 fully saturated rings. The fraction of sp³-hybridized carbons (Fsp3) is 0.757. The predicted octanol–water partition coefficient (Wildman–Crippen LogP) is 16.7. The van der Waals surface area contributed by atoms with E-state index in [0.717, 1.165) is 110 Å². The number of pyridine rings is 2. The molecule has 4 amide bonds. The van der Waals surface area contributed by atoms with E-state index >= 15 is 0 Å². The average molecular weight is 1180 g/mol. The summed E-state index contributed by atoms with van der Waals surface area (Å²) in [4.78, 5) is 61.6. The SMILES string of the molecule is CC(C)CCC[C@@H](C)[C@H]1CC[C@H]2[C@@H]3CC=C4C[C@@H](OC(=O)NCCCNC(=O)c5ccnc(-c6cc(C(=O)NCCCNC(=O)O[C@H]7CC[C@@]8(C)C(=CC[C@H]9[C@@H]%10CC[C@H]([C@H](C)CCCC(C)C)[C@@]%10(C)CC[C@@H]98)C7)ccn6)c5)CC[C@]4(C)[C@H]3CC[C@]12C. The van der Waals surface area contributed by atoms with Crippen LogP contribution in [0, 0.1) is 92.7 Å². The van der Waals surface area contributed by atoms with E-state index in [1.165, 1.54) is 114 Å². The lowest BCUT2D eigenvalue weighted by molar-refractivity contribution is -0.0581. The minimum atomic E-state index is -0.388. The maximum atomic E-state index is 13.3. The summed E-state index contributed by atoms with van der Waals surface area (Å²) in [5.74, 6) is 9.08. The molecule has 2 aromatic heterocycles. The highest BCUT2D eigenvalue weighted by atomic mass is 16.6. The van der Waals surface area contributed by atoms with Gasteiger partial charge in [-0.15, -0.1) is 0 Å². The molecule has 8 aliphatic rings. The number of rotatable bonds is 23. The van der Waals surface area contributed by atoms with Crippen LogP contribution in [-0.4, -0.2) is 72.4 Å². The first-order valence-electron chi connectivity index (χ1n) is 35.0. The van der Waals surface area contributed by atoms with E-state index in [-0.39, 0.29) is 47.0 Å². The lowest BCUT2D eigenvalue weighted by Crippen LogP contribution is -2.51. The van der Waals surface area contributed by atoms with Crippen molar-refractivity contribution in [1.82, 2.24) is 31.2 Å². The van der Waals surface area contributed by atoms with Gasteiger partial charge in [-0.1, -0.05) is 131 Å². The lowest BCUT2D eigenvalue weighted by atomic mass is 9.47. The molecular formula is C74H112N6O6. The third-order valence-corrected chi connectivity index (χ3v) is 25.2. The van der Waals surface area contributed by atoms with Gasteiger partial charge in [0.2, 0.25) is 0 Å². The number of amides is 4. The normalized spacial score (nSPS) is 34.1. The van der Waals surface area contributed by atoms with Crippen molar-refractivity contribution in [2.75, 3.05) is 26.2 Å². The van der Waals surface area contributed by atoms with E-state index in [0.29, 0.717) is 72.4 Å². The molecular weight excluding hydrogens is 1070 g/mol. The summed E-state index contributed by atoms with van der Waals surface area (Å²) in [7, 11) is 0. The molecule has 0 spiro atoms. The van der Waals surface area contributed by atoms with Crippen molar-refractivity contribution < 1.29 is 28.7 Å². The minimum Gasteiger partial charge on any atom is -0.446 e. The second kappa shape index (κ2) is 27.6. The fourth-order valence-corrected chi connectivity index (χ4v) is 20.5. The summed E-state index contributed by atoms with van der Waals surface area (Å²) in [6.07, 6.45) is 35.5. The van der Waals surface area contributed by atoms with Crippen molar-refractivity contribution in [3.63, 3.8) is 0 Å². The first-order chi connectivity index (χ1) is 41.2. The van der Waals surface area contributed by atoms with Gasteiger partial charge in [-0.25, -0.2) is 9.59 Å². The van der Waals surface area contributed by atoms with Crippen LogP contribution in [0.5, 0.6) is 0 Å². The molecule has 0 aliphatic heterocycles. The van der Waals surface area contributed by atoms with E-state index < -0.39 is 0 Å². The molecule has 0 saturated heterocycles. The van der Waals surface area contributed by atoms with E-state index in [1.54, 1.807) is 36.7 Å². The molecule has 474 valence electrons. The Hall–Kier alpha value is -4.74. The average Bonchev–Trinajstić information content (AvgIpc) is 1.34. The van der Waals surface area contributed by atoms with Crippen LogP contribution < -0.4 is 21.3 Å². The van der Waals surface area contributed by atoms with Crippen LogP contribution in [0.15, 0.2) is 60.0 Å². The van der Waals surface area contributed by atoms with Crippen molar-refractivity contribution in [2.45, 2.75) is 236 Å². The van der Waals surface area contributed by atoms with E-state index in [1.807, 2.05) is 0 Å². The smallest absolute Gasteiger partial charge is 0.407 e. The summed E-state index contributed by atoms with van der Waals surface area (Å²) >= 11 is 0. The van der Waals surface area contributed by atoms with Gasteiger partial charge in [0.25, 0.3) is 11.8 Å². The molecule has 8 aliphatic carbocycles. The van der Waals surface area contributed by atoms with Crippen molar-refractivity contribution in [3.05, 3.63) is 71.1 Å². The molecule has 0 bridgehead atoms. The second-order valence-electron chi connectivity index (χ2n) is 31.1. The maximum absolute atomic E-state index is 13.3. The summed E-state index contributed by atoms with van der Waals surface area (Å²) in [5.41, 5.74) is 6.17. The summed E-state index contributed by atoms with van der Waals surface area (Å²) in [5, 5.41) is 11.8. The Kier molecular flexibility index (Phi) is 20.6. The molecule has 0 aromatic carbocycles. The van der Waals surface area contributed by atoms with Crippen molar-refractivity contribution in [2.24, 2.45) is 92.7 Å². The first-order valence-corrected chi connectivity index (χ1v) is 35.0. The van der Waals surface area contributed by atoms with Crippen LogP contribution in [0.2, 0.25) is 0 Å². The zero-order valence-corrected chi connectivity index (χ0v) is 54.8. The van der Waals surface area contributed by atoms with Crippen LogP contribution >= 0.6 is 0 Å². The van der Waals surface area contributed by atoms with E-state index in [9.17, 15) is 19.2 Å². The number of ether oxygens (including phenoxy) is 2. The highest BCUT2D eigenvalue weighted by Gasteiger charge is 2.61. The lowest BCUT2D eigenvalue weighted by Gasteiger charge is -2.58. The number of aromatic nitrogens is 2. The van der Waals surface area contributed by atoms with E-state index in [4.69, 9.17) is 9.47 Å². The molecule has 0 radical (unpaired) electrons. The summed E-state index contributed by atoms with van der Waals surface area (Å²) in [6, 6.07) is 6.64. The Balaban J connectivity index is 0.601. The first kappa shape index (κ1) is 64.3. The zero-order chi connectivity index (χ0) is 61.0. The van der Waals surface area contributed by atoms with E-state index in [2.05, 4.69) is 113 Å². The van der Waals surface area contributed by atoms with Crippen molar-refractivity contribution >= 4 is 24.0 Å². The van der Waals surface area contributed by atoms with Gasteiger partial charge in [-0.05, 0) is 220 Å². The van der Waals surface area contributed by atoms with Crippen LogP contribution in [0.4, 0.5) is 9.59 Å².